The number of carbonyl (C=O) groups excluding carboxylic acids is 1. The van der Waals surface area contributed by atoms with Crippen molar-refractivity contribution in [3.8, 4) is 16.9 Å². The van der Waals surface area contributed by atoms with E-state index in [0.29, 0.717) is 5.75 Å². The average molecular weight is 396 g/mol. The smallest absolute Gasteiger partial charge is 0.265 e. The van der Waals surface area contributed by atoms with Crippen LogP contribution in [0.25, 0.3) is 11.1 Å². The zero-order valence-corrected chi connectivity index (χ0v) is 15.4. The van der Waals surface area contributed by atoms with Crippen LogP contribution in [0.4, 0.5) is 5.69 Å². The van der Waals surface area contributed by atoms with E-state index in [0.717, 1.165) is 21.3 Å². The summed E-state index contributed by atoms with van der Waals surface area (Å²) in [6.07, 6.45) is -0.591. The lowest BCUT2D eigenvalue weighted by atomic mass is 10.1. The number of anilines is 1. The minimum Gasteiger partial charge on any atom is -0.481 e. The third-order valence-corrected chi connectivity index (χ3v) is 4.28. The fraction of sp³-hybridized carbons (Fsp3) is 0.0952. The molecule has 0 heterocycles. The van der Waals surface area contributed by atoms with E-state index in [2.05, 4.69) is 33.4 Å². The van der Waals surface area contributed by atoms with E-state index >= 15 is 0 Å². The Morgan fingerprint density at radius 3 is 2.12 bits per heavy atom. The first-order valence-electron chi connectivity index (χ1n) is 8.00. The van der Waals surface area contributed by atoms with Crippen LogP contribution >= 0.6 is 15.9 Å². The van der Waals surface area contributed by atoms with Gasteiger partial charge in [0.2, 0.25) is 0 Å². The normalized spacial score (nSPS) is 11.6. The molecule has 0 fully saturated rings. The highest BCUT2D eigenvalue weighted by Gasteiger charge is 2.15. The highest BCUT2D eigenvalue weighted by Crippen LogP contribution is 2.23. The van der Waals surface area contributed by atoms with Crippen LogP contribution in [-0.2, 0) is 4.79 Å². The minimum atomic E-state index is -0.591. The molecule has 1 atom stereocenters. The first-order chi connectivity index (χ1) is 12.1. The van der Waals surface area contributed by atoms with Crippen LogP contribution in [0.2, 0.25) is 0 Å². The summed E-state index contributed by atoms with van der Waals surface area (Å²) < 4.78 is 6.71. The molecule has 0 radical (unpaired) electrons. The van der Waals surface area contributed by atoms with E-state index in [1.165, 1.54) is 0 Å². The molecule has 0 aliphatic rings. The van der Waals surface area contributed by atoms with Gasteiger partial charge in [-0.1, -0.05) is 58.4 Å². The largest absolute Gasteiger partial charge is 0.481 e. The van der Waals surface area contributed by atoms with Crippen LogP contribution in [-0.4, -0.2) is 12.0 Å². The van der Waals surface area contributed by atoms with Gasteiger partial charge in [0.1, 0.15) is 5.75 Å². The summed E-state index contributed by atoms with van der Waals surface area (Å²) >= 11 is 3.37. The summed E-state index contributed by atoms with van der Waals surface area (Å²) in [5.41, 5.74) is 3.00. The fourth-order valence-corrected chi connectivity index (χ4v) is 2.66. The molecular formula is C21H18BrNO2. The monoisotopic (exact) mass is 395 g/mol. The van der Waals surface area contributed by atoms with Crippen LogP contribution in [0.3, 0.4) is 0 Å². The third kappa shape index (κ3) is 4.70. The van der Waals surface area contributed by atoms with Gasteiger partial charge < -0.3 is 10.1 Å². The van der Waals surface area contributed by atoms with Gasteiger partial charge in [0.25, 0.3) is 5.91 Å². The Labute approximate surface area is 155 Å². The van der Waals surface area contributed by atoms with Crippen molar-refractivity contribution in [1.29, 1.82) is 0 Å². The standard InChI is InChI=1S/C21H18BrNO2/c1-15(21(24)23-19-11-9-18(22)10-12-19)25-20-13-7-17(8-14-20)16-5-3-2-4-6-16/h2-15H,1H3,(H,23,24)/t15-/m1/s1. The van der Waals surface area contributed by atoms with Crippen LogP contribution in [0.5, 0.6) is 5.75 Å². The van der Waals surface area contributed by atoms with Crippen molar-refractivity contribution in [3.63, 3.8) is 0 Å². The molecule has 3 rings (SSSR count). The molecule has 4 heteroatoms. The van der Waals surface area contributed by atoms with E-state index < -0.39 is 6.10 Å². The maximum atomic E-state index is 12.2. The molecule has 3 nitrogen and oxygen atoms in total. The Kier molecular flexibility index (Phi) is 5.51. The molecule has 0 saturated carbocycles. The second-order valence-corrected chi connectivity index (χ2v) is 6.56. The molecule has 0 aliphatic heterocycles. The van der Waals surface area contributed by atoms with Crippen molar-refractivity contribution in [2.24, 2.45) is 0 Å². The Morgan fingerprint density at radius 2 is 1.48 bits per heavy atom. The van der Waals surface area contributed by atoms with Gasteiger partial charge in [-0.2, -0.15) is 0 Å². The van der Waals surface area contributed by atoms with Gasteiger partial charge in [0.15, 0.2) is 6.10 Å². The second-order valence-electron chi connectivity index (χ2n) is 5.65. The Balaban J connectivity index is 1.61. The van der Waals surface area contributed by atoms with Crippen LogP contribution in [0.15, 0.2) is 83.3 Å². The summed E-state index contributed by atoms with van der Waals surface area (Å²) in [6.45, 7) is 1.74. The molecule has 0 saturated heterocycles. The van der Waals surface area contributed by atoms with E-state index in [4.69, 9.17) is 4.74 Å². The lowest BCUT2D eigenvalue weighted by Crippen LogP contribution is -2.30. The number of halogens is 1. The van der Waals surface area contributed by atoms with E-state index in [1.807, 2.05) is 66.7 Å². The molecule has 25 heavy (non-hydrogen) atoms. The lowest BCUT2D eigenvalue weighted by Gasteiger charge is -2.15. The maximum absolute atomic E-state index is 12.2. The topological polar surface area (TPSA) is 38.3 Å². The first-order valence-corrected chi connectivity index (χ1v) is 8.80. The van der Waals surface area contributed by atoms with Crippen molar-refractivity contribution in [1.82, 2.24) is 0 Å². The Hall–Kier alpha value is -2.59. The zero-order valence-electron chi connectivity index (χ0n) is 13.8. The van der Waals surface area contributed by atoms with Crippen molar-refractivity contribution in [3.05, 3.63) is 83.3 Å². The maximum Gasteiger partial charge on any atom is 0.265 e. The van der Waals surface area contributed by atoms with E-state index in [1.54, 1.807) is 6.92 Å². The molecule has 3 aromatic carbocycles. The molecule has 0 aliphatic carbocycles. The van der Waals surface area contributed by atoms with E-state index in [9.17, 15) is 4.79 Å². The molecule has 0 spiro atoms. The highest BCUT2D eigenvalue weighted by atomic mass is 79.9. The Morgan fingerprint density at radius 1 is 0.880 bits per heavy atom. The summed E-state index contributed by atoms with van der Waals surface area (Å²) in [7, 11) is 0. The second kappa shape index (κ2) is 7.99. The number of nitrogens with one attached hydrogen (secondary N) is 1. The van der Waals surface area contributed by atoms with Gasteiger partial charge in [-0.05, 0) is 54.4 Å². The molecule has 126 valence electrons. The number of amides is 1. The van der Waals surface area contributed by atoms with Crippen LogP contribution in [0, 0.1) is 0 Å². The molecule has 1 N–H and O–H groups in total. The molecule has 0 unspecified atom stereocenters. The van der Waals surface area contributed by atoms with Gasteiger partial charge in [0.05, 0.1) is 0 Å². The predicted octanol–water partition coefficient (Wildman–Crippen LogP) is 5.52. The lowest BCUT2D eigenvalue weighted by molar-refractivity contribution is -0.122. The number of hydrogen-bond donors (Lipinski definition) is 1. The van der Waals surface area contributed by atoms with Crippen molar-refractivity contribution in [2.75, 3.05) is 5.32 Å². The number of hydrogen-bond acceptors (Lipinski definition) is 2. The van der Waals surface area contributed by atoms with Gasteiger partial charge in [-0.3, -0.25) is 4.79 Å². The van der Waals surface area contributed by atoms with Crippen molar-refractivity contribution >= 4 is 27.5 Å². The van der Waals surface area contributed by atoms with Gasteiger partial charge in [-0.25, -0.2) is 0 Å². The molecule has 0 aromatic heterocycles. The summed E-state index contributed by atoms with van der Waals surface area (Å²) in [6, 6.07) is 25.3. The van der Waals surface area contributed by atoms with Gasteiger partial charge in [-0.15, -0.1) is 0 Å². The minimum absolute atomic E-state index is 0.186. The molecular weight excluding hydrogens is 378 g/mol. The SMILES string of the molecule is C[C@@H](Oc1ccc(-c2ccccc2)cc1)C(=O)Nc1ccc(Br)cc1. The summed E-state index contributed by atoms with van der Waals surface area (Å²) in [4.78, 5) is 12.2. The van der Waals surface area contributed by atoms with Crippen LogP contribution in [0.1, 0.15) is 6.92 Å². The van der Waals surface area contributed by atoms with Crippen LogP contribution < -0.4 is 10.1 Å². The third-order valence-electron chi connectivity index (χ3n) is 3.76. The van der Waals surface area contributed by atoms with E-state index in [-0.39, 0.29) is 5.91 Å². The molecule has 1 amide bonds. The quantitative estimate of drug-likeness (QED) is 0.617. The highest BCUT2D eigenvalue weighted by molar-refractivity contribution is 9.10. The van der Waals surface area contributed by atoms with Crippen molar-refractivity contribution in [2.45, 2.75) is 13.0 Å². The number of carbonyl (C=O) groups is 1. The molecule has 3 aromatic rings. The first kappa shape index (κ1) is 17.2. The fourth-order valence-electron chi connectivity index (χ4n) is 2.39. The number of rotatable bonds is 5. The van der Waals surface area contributed by atoms with Crippen molar-refractivity contribution < 1.29 is 9.53 Å². The number of ether oxygens (including phenoxy) is 1. The van der Waals surface area contributed by atoms with Gasteiger partial charge in [0, 0.05) is 10.2 Å². The zero-order chi connectivity index (χ0) is 17.6. The Bertz CT molecular complexity index is 830. The average Bonchev–Trinajstić information content (AvgIpc) is 2.65. The van der Waals surface area contributed by atoms with Gasteiger partial charge >= 0.3 is 0 Å². The predicted molar refractivity (Wildman–Crippen MR) is 105 cm³/mol. The number of benzene rings is 3. The molecule has 0 bridgehead atoms. The summed E-state index contributed by atoms with van der Waals surface area (Å²) in [5.74, 6) is 0.479. The summed E-state index contributed by atoms with van der Waals surface area (Å²) in [5, 5.41) is 2.84.